The van der Waals surface area contributed by atoms with Gasteiger partial charge in [-0.2, -0.15) is 0 Å². The minimum absolute atomic E-state index is 0.186. The molecule has 1 aromatic carbocycles. The molecular weight excluding hydrogens is 264 g/mol. The number of carbonyl (C=O) groups excluding carboxylic acids is 1. The van der Waals surface area contributed by atoms with Crippen molar-refractivity contribution in [1.29, 1.82) is 0 Å². The van der Waals surface area contributed by atoms with Crippen LogP contribution >= 0.6 is 11.6 Å². The molecule has 2 N–H and O–H groups in total. The molecule has 0 aliphatic rings. The second-order valence-corrected chi connectivity index (χ2v) is 4.78. The van der Waals surface area contributed by atoms with Crippen LogP contribution in [-0.2, 0) is 6.54 Å². The first-order chi connectivity index (χ1) is 8.99. The zero-order valence-electron chi connectivity index (χ0n) is 10.8. The predicted octanol–water partition coefficient (Wildman–Crippen LogP) is 3.10. The average molecular weight is 279 g/mol. The zero-order chi connectivity index (χ0) is 14.0. The number of amides is 1. The maximum Gasteiger partial charge on any atom is 0.256 e. The number of carbonyl (C=O) groups is 1. The first-order valence-electron chi connectivity index (χ1n) is 5.84. The highest BCUT2D eigenvalue weighted by atomic mass is 35.5. The third-order valence-corrected chi connectivity index (χ3v) is 3.15. The number of nitrogen functional groups attached to an aromatic ring is 1. The molecule has 100 valence electrons. The van der Waals surface area contributed by atoms with Crippen LogP contribution in [0.2, 0.25) is 5.02 Å². The highest BCUT2D eigenvalue weighted by Gasteiger charge is 2.17. The first-order valence-corrected chi connectivity index (χ1v) is 6.21. The van der Waals surface area contributed by atoms with E-state index in [1.165, 1.54) is 0 Å². The van der Waals surface area contributed by atoms with Gasteiger partial charge in [0.15, 0.2) is 0 Å². The van der Waals surface area contributed by atoms with Crippen molar-refractivity contribution in [3.63, 3.8) is 0 Å². The smallest absolute Gasteiger partial charge is 0.256 e. The van der Waals surface area contributed by atoms with E-state index in [1.807, 2.05) is 19.1 Å². The first kappa shape index (κ1) is 13.5. The molecule has 1 aromatic heterocycles. The monoisotopic (exact) mass is 278 g/mol. The normalized spacial score (nSPS) is 10.5. The van der Waals surface area contributed by atoms with Gasteiger partial charge >= 0.3 is 0 Å². The Labute approximate surface area is 116 Å². The van der Waals surface area contributed by atoms with Crippen LogP contribution in [0.25, 0.3) is 0 Å². The number of aryl methyl sites for hydroxylation is 1. The van der Waals surface area contributed by atoms with E-state index in [0.29, 0.717) is 22.8 Å². The number of anilines is 1. The number of hydrogen-bond donors (Lipinski definition) is 1. The van der Waals surface area contributed by atoms with E-state index >= 15 is 0 Å². The summed E-state index contributed by atoms with van der Waals surface area (Å²) in [5.74, 6) is 1.36. The van der Waals surface area contributed by atoms with Gasteiger partial charge in [-0.15, -0.1) is 0 Å². The fourth-order valence-electron chi connectivity index (χ4n) is 1.80. The minimum Gasteiger partial charge on any atom is -0.464 e. The summed E-state index contributed by atoms with van der Waals surface area (Å²) in [5, 5.41) is 0.382. The van der Waals surface area contributed by atoms with Gasteiger partial charge in [0, 0.05) is 7.05 Å². The summed E-state index contributed by atoms with van der Waals surface area (Å²) in [6, 6.07) is 8.73. The van der Waals surface area contributed by atoms with Crippen LogP contribution in [0.4, 0.5) is 5.69 Å². The van der Waals surface area contributed by atoms with Gasteiger partial charge in [0.2, 0.25) is 0 Å². The van der Waals surface area contributed by atoms with Crippen molar-refractivity contribution in [3.8, 4) is 0 Å². The number of hydrogen-bond acceptors (Lipinski definition) is 3. The second-order valence-electron chi connectivity index (χ2n) is 4.37. The molecule has 0 unspecified atom stereocenters. The highest BCUT2D eigenvalue weighted by Crippen LogP contribution is 2.23. The van der Waals surface area contributed by atoms with Crippen molar-refractivity contribution in [2.24, 2.45) is 0 Å². The van der Waals surface area contributed by atoms with Crippen LogP contribution in [-0.4, -0.2) is 17.9 Å². The van der Waals surface area contributed by atoms with Gasteiger partial charge in [0.25, 0.3) is 5.91 Å². The molecule has 19 heavy (non-hydrogen) atoms. The number of para-hydroxylation sites is 1. The summed E-state index contributed by atoms with van der Waals surface area (Å²) in [4.78, 5) is 13.8. The summed E-state index contributed by atoms with van der Waals surface area (Å²) in [6.45, 7) is 2.25. The van der Waals surface area contributed by atoms with Gasteiger partial charge in [-0.1, -0.05) is 17.7 Å². The van der Waals surface area contributed by atoms with Crippen molar-refractivity contribution >= 4 is 23.2 Å². The summed E-state index contributed by atoms with van der Waals surface area (Å²) in [7, 11) is 1.69. The topological polar surface area (TPSA) is 59.5 Å². The lowest BCUT2D eigenvalue weighted by atomic mass is 10.1. The number of benzene rings is 1. The van der Waals surface area contributed by atoms with Gasteiger partial charge < -0.3 is 15.1 Å². The number of rotatable bonds is 3. The Kier molecular flexibility index (Phi) is 3.81. The van der Waals surface area contributed by atoms with Crippen molar-refractivity contribution < 1.29 is 9.21 Å². The molecule has 0 radical (unpaired) electrons. The Morgan fingerprint density at radius 1 is 1.37 bits per heavy atom. The summed E-state index contributed by atoms with van der Waals surface area (Å²) in [6.07, 6.45) is 0. The highest BCUT2D eigenvalue weighted by molar-refractivity contribution is 6.33. The molecule has 0 atom stereocenters. The number of nitrogens with two attached hydrogens (primary N) is 1. The molecule has 0 aliphatic heterocycles. The largest absolute Gasteiger partial charge is 0.464 e. The van der Waals surface area contributed by atoms with Crippen LogP contribution in [0, 0.1) is 6.92 Å². The van der Waals surface area contributed by atoms with Crippen LogP contribution in [0.3, 0.4) is 0 Å². The van der Waals surface area contributed by atoms with Crippen LogP contribution < -0.4 is 5.73 Å². The maximum absolute atomic E-state index is 12.3. The number of nitrogens with zero attached hydrogens (tertiary/aromatic N) is 1. The van der Waals surface area contributed by atoms with E-state index in [4.69, 9.17) is 21.8 Å². The lowest BCUT2D eigenvalue weighted by molar-refractivity contribution is 0.0776. The van der Waals surface area contributed by atoms with E-state index in [-0.39, 0.29) is 5.91 Å². The molecule has 0 saturated heterocycles. The van der Waals surface area contributed by atoms with Crippen molar-refractivity contribution in [1.82, 2.24) is 4.90 Å². The van der Waals surface area contributed by atoms with Crippen LogP contribution in [0.15, 0.2) is 34.7 Å². The minimum atomic E-state index is -0.186. The Bertz CT molecular complexity index is 607. The maximum atomic E-state index is 12.3. The van der Waals surface area contributed by atoms with Crippen molar-refractivity contribution in [2.45, 2.75) is 13.5 Å². The van der Waals surface area contributed by atoms with E-state index in [9.17, 15) is 4.79 Å². The standard InChI is InChI=1S/C14H15ClN2O2/c1-9-6-7-10(19-9)8-17(2)14(18)11-4-3-5-12(15)13(11)16/h3-7H,8,16H2,1-2H3. The predicted molar refractivity (Wildman–Crippen MR) is 75.1 cm³/mol. The molecule has 2 rings (SSSR count). The van der Waals surface area contributed by atoms with E-state index in [0.717, 1.165) is 11.5 Å². The molecule has 0 fully saturated rings. The SMILES string of the molecule is Cc1ccc(CN(C)C(=O)c2cccc(Cl)c2N)o1. The number of furan rings is 1. The number of halogens is 1. The Hall–Kier alpha value is -1.94. The van der Waals surface area contributed by atoms with Gasteiger partial charge in [0.05, 0.1) is 22.8 Å². The summed E-state index contributed by atoms with van der Waals surface area (Å²) >= 11 is 5.91. The third-order valence-electron chi connectivity index (χ3n) is 2.82. The van der Waals surface area contributed by atoms with Gasteiger partial charge in [-0.3, -0.25) is 4.79 Å². The van der Waals surface area contributed by atoms with Gasteiger partial charge in [-0.05, 0) is 31.2 Å². The van der Waals surface area contributed by atoms with Gasteiger partial charge in [-0.25, -0.2) is 0 Å². The molecule has 0 aliphatic carbocycles. The Balaban J connectivity index is 2.17. The van der Waals surface area contributed by atoms with E-state index < -0.39 is 0 Å². The molecule has 4 nitrogen and oxygen atoms in total. The Morgan fingerprint density at radius 3 is 2.74 bits per heavy atom. The van der Waals surface area contributed by atoms with Crippen LogP contribution in [0.1, 0.15) is 21.9 Å². The average Bonchev–Trinajstić information content (AvgIpc) is 2.77. The van der Waals surface area contributed by atoms with E-state index in [2.05, 4.69) is 0 Å². The summed E-state index contributed by atoms with van der Waals surface area (Å²) in [5.41, 5.74) is 6.52. The van der Waals surface area contributed by atoms with Crippen molar-refractivity contribution in [3.05, 3.63) is 52.4 Å². The fourth-order valence-corrected chi connectivity index (χ4v) is 1.98. The molecule has 5 heteroatoms. The summed E-state index contributed by atoms with van der Waals surface area (Å²) < 4.78 is 5.44. The lowest BCUT2D eigenvalue weighted by Gasteiger charge is -2.17. The molecule has 1 heterocycles. The molecule has 2 aromatic rings. The van der Waals surface area contributed by atoms with Crippen LogP contribution in [0.5, 0.6) is 0 Å². The molecule has 0 spiro atoms. The Morgan fingerprint density at radius 2 is 2.11 bits per heavy atom. The second kappa shape index (κ2) is 5.36. The molecular formula is C14H15ClN2O2. The zero-order valence-corrected chi connectivity index (χ0v) is 11.6. The van der Waals surface area contributed by atoms with Gasteiger partial charge in [0.1, 0.15) is 11.5 Å². The quantitative estimate of drug-likeness (QED) is 0.878. The van der Waals surface area contributed by atoms with Crippen molar-refractivity contribution in [2.75, 3.05) is 12.8 Å². The van der Waals surface area contributed by atoms with E-state index in [1.54, 1.807) is 30.1 Å². The fraction of sp³-hybridized carbons (Fsp3) is 0.214. The lowest BCUT2D eigenvalue weighted by Crippen LogP contribution is -2.26. The molecule has 0 bridgehead atoms. The molecule has 1 amide bonds. The molecule has 0 saturated carbocycles. The third kappa shape index (κ3) is 2.90.